The molecule has 0 saturated carbocycles. The topological polar surface area (TPSA) is 72.1 Å². The number of rotatable bonds is 5. The van der Waals surface area contributed by atoms with E-state index in [2.05, 4.69) is 25.1 Å². The minimum Gasteiger partial charge on any atom is -0.369 e. The van der Waals surface area contributed by atoms with Crippen molar-refractivity contribution in [3.63, 3.8) is 0 Å². The Labute approximate surface area is 158 Å². The lowest BCUT2D eigenvalue weighted by Crippen LogP contribution is -2.47. The van der Waals surface area contributed by atoms with Crippen LogP contribution in [0.1, 0.15) is 19.9 Å². The number of benzene rings is 1. The molecule has 0 spiro atoms. The summed E-state index contributed by atoms with van der Waals surface area (Å²) in [5.74, 6) is 0. The van der Waals surface area contributed by atoms with E-state index < -0.39 is 0 Å². The van der Waals surface area contributed by atoms with Gasteiger partial charge in [-0.15, -0.1) is 5.10 Å². The molecule has 2 aromatic heterocycles. The second-order valence-electron chi connectivity index (χ2n) is 7.25. The molecule has 4 rings (SSSR count). The lowest BCUT2D eigenvalue weighted by molar-refractivity contribution is 0.244. The van der Waals surface area contributed by atoms with Crippen LogP contribution in [0.4, 0.5) is 5.69 Å². The molecular weight excluding hydrogens is 342 g/mol. The van der Waals surface area contributed by atoms with Gasteiger partial charge in [0.15, 0.2) is 0 Å². The van der Waals surface area contributed by atoms with Crippen LogP contribution < -0.4 is 10.5 Å². The minimum absolute atomic E-state index is 0.0273. The van der Waals surface area contributed by atoms with Gasteiger partial charge >= 0.3 is 0 Å². The summed E-state index contributed by atoms with van der Waals surface area (Å²) in [5, 5.41) is 8.53. The van der Waals surface area contributed by atoms with Crippen LogP contribution in [-0.2, 0) is 6.54 Å². The van der Waals surface area contributed by atoms with Crippen LogP contribution in [0.5, 0.6) is 0 Å². The molecule has 3 aromatic rings. The molecule has 1 fully saturated rings. The number of hydrogen-bond donors (Lipinski definition) is 0. The van der Waals surface area contributed by atoms with Crippen molar-refractivity contribution in [2.24, 2.45) is 0 Å². The third-order valence-electron chi connectivity index (χ3n) is 5.18. The molecule has 0 aliphatic carbocycles. The number of piperazine rings is 1. The molecule has 8 nitrogen and oxygen atoms in total. The third-order valence-corrected chi connectivity index (χ3v) is 5.18. The summed E-state index contributed by atoms with van der Waals surface area (Å²) in [6.07, 6.45) is 5.26. The van der Waals surface area contributed by atoms with Gasteiger partial charge in [0.2, 0.25) is 0 Å². The van der Waals surface area contributed by atoms with E-state index in [4.69, 9.17) is 0 Å². The summed E-state index contributed by atoms with van der Waals surface area (Å²) < 4.78 is 3.54. The maximum atomic E-state index is 12.6. The predicted octanol–water partition coefficient (Wildman–Crippen LogP) is 1.39. The Bertz CT molecular complexity index is 956. The molecule has 1 aromatic carbocycles. The summed E-state index contributed by atoms with van der Waals surface area (Å²) in [7, 11) is 0. The standard InChI is InChI=1S/C19H25N7O/c1-15(2)26-14-20-18-13-16(3-4-17(18)19(26)27)24-10-7-23(8-11-24)9-12-25-6-5-21-22-25/h3-6,13-15H,7-12H2,1-2H3. The van der Waals surface area contributed by atoms with Crippen molar-refractivity contribution >= 4 is 16.6 Å². The molecule has 142 valence electrons. The zero-order chi connectivity index (χ0) is 18.8. The molecule has 1 saturated heterocycles. The van der Waals surface area contributed by atoms with Gasteiger partial charge in [-0.3, -0.25) is 18.9 Å². The van der Waals surface area contributed by atoms with Gasteiger partial charge in [0.25, 0.3) is 5.56 Å². The summed E-state index contributed by atoms with van der Waals surface area (Å²) in [4.78, 5) is 21.9. The number of hydrogen-bond acceptors (Lipinski definition) is 6. The Morgan fingerprint density at radius 2 is 1.93 bits per heavy atom. The van der Waals surface area contributed by atoms with E-state index in [0.29, 0.717) is 5.39 Å². The van der Waals surface area contributed by atoms with Crippen LogP contribution >= 0.6 is 0 Å². The van der Waals surface area contributed by atoms with Gasteiger partial charge in [-0.25, -0.2) is 4.98 Å². The monoisotopic (exact) mass is 367 g/mol. The normalized spacial score (nSPS) is 15.7. The van der Waals surface area contributed by atoms with Crippen molar-refractivity contribution in [3.05, 3.63) is 47.3 Å². The first-order chi connectivity index (χ1) is 13.1. The number of fused-ring (bicyclic) bond motifs is 1. The van der Waals surface area contributed by atoms with Gasteiger partial charge in [-0.1, -0.05) is 5.21 Å². The lowest BCUT2D eigenvalue weighted by Gasteiger charge is -2.36. The van der Waals surface area contributed by atoms with Crippen molar-refractivity contribution in [1.29, 1.82) is 0 Å². The number of nitrogens with zero attached hydrogens (tertiary/aromatic N) is 7. The van der Waals surface area contributed by atoms with Gasteiger partial charge in [0.1, 0.15) is 0 Å². The van der Waals surface area contributed by atoms with E-state index in [1.165, 1.54) is 0 Å². The Balaban J connectivity index is 1.43. The van der Waals surface area contributed by atoms with Crippen molar-refractivity contribution in [2.75, 3.05) is 37.6 Å². The maximum absolute atomic E-state index is 12.6. The van der Waals surface area contributed by atoms with Crippen LogP contribution in [-0.4, -0.2) is 62.2 Å². The molecule has 1 aliphatic rings. The Kier molecular flexibility index (Phi) is 4.89. The Morgan fingerprint density at radius 3 is 2.63 bits per heavy atom. The quantitative estimate of drug-likeness (QED) is 0.679. The van der Waals surface area contributed by atoms with Gasteiger partial charge in [-0.05, 0) is 32.0 Å². The summed E-state index contributed by atoms with van der Waals surface area (Å²) >= 11 is 0. The fourth-order valence-electron chi connectivity index (χ4n) is 3.51. The smallest absolute Gasteiger partial charge is 0.261 e. The zero-order valence-electron chi connectivity index (χ0n) is 15.8. The second-order valence-corrected chi connectivity index (χ2v) is 7.25. The highest BCUT2D eigenvalue weighted by molar-refractivity contribution is 5.81. The van der Waals surface area contributed by atoms with E-state index in [1.54, 1.807) is 17.1 Å². The largest absolute Gasteiger partial charge is 0.369 e. The van der Waals surface area contributed by atoms with Crippen LogP contribution in [0.25, 0.3) is 10.9 Å². The maximum Gasteiger partial charge on any atom is 0.261 e. The van der Waals surface area contributed by atoms with Gasteiger partial charge in [0, 0.05) is 50.6 Å². The molecule has 0 unspecified atom stereocenters. The summed E-state index contributed by atoms with van der Waals surface area (Å²) in [6, 6.07) is 6.10. The molecule has 3 heterocycles. The van der Waals surface area contributed by atoms with Crippen LogP contribution in [0, 0.1) is 0 Å². The highest BCUT2D eigenvalue weighted by Crippen LogP contribution is 2.20. The lowest BCUT2D eigenvalue weighted by atomic mass is 10.2. The minimum atomic E-state index is 0.0273. The average Bonchev–Trinajstić information content (AvgIpc) is 3.20. The van der Waals surface area contributed by atoms with Gasteiger partial charge < -0.3 is 4.90 Å². The third kappa shape index (κ3) is 3.71. The molecular formula is C19H25N7O. The first kappa shape index (κ1) is 17.7. The van der Waals surface area contributed by atoms with Crippen LogP contribution in [0.15, 0.2) is 41.7 Å². The van der Waals surface area contributed by atoms with Gasteiger partial charge in [-0.2, -0.15) is 0 Å². The molecule has 0 amide bonds. The van der Waals surface area contributed by atoms with E-state index in [0.717, 1.165) is 50.5 Å². The van der Waals surface area contributed by atoms with Crippen molar-refractivity contribution in [3.8, 4) is 0 Å². The summed E-state index contributed by atoms with van der Waals surface area (Å²) in [6.45, 7) is 9.77. The molecule has 1 aliphatic heterocycles. The first-order valence-electron chi connectivity index (χ1n) is 9.44. The van der Waals surface area contributed by atoms with Crippen molar-refractivity contribution in [1.82, 2.24) is 29.4 Å². The van der Waals surface area contributed by atoms with Crippen molar-refractivity contribution in [2.45, 2.75) is 26.4 Å². The van der Waals surface area contributed by atoms with Crippen LogP contribution in [0.3, 0.4) is 0 Å². The first-order valence-corrected chi connectivity index (χ1v) is 9.44. The summed E-state index contributed by atoms with van der Waals surface area (Å²) in [5.41, 5.74) is 1.93. The van der Waals surface area contributed by atoms with E-state index >= 15 is 0 Å². The van der Waals surface area contributed by atoms with E-state index in [-0.39, 0.29) is 11.6 Å². The highest BCUT2D eigenvalue weighted by Gasteiger charge is 2.18. The molecule has 0 atom stereocenters. The van der Waals surface area contributed by atoms with E-state index in [9.17, 15) is 4.79 Å². The van der Waals surface area contributed by atoms with Gasteiger partial charge in [0.05, 0.1) is 30.0 Å². The fraction of sp³-hybridized carbons (Fsp3) is 0.474. The fourth-order valence-corrected chi connectivity index (χ4v) is 3.51. The number of anilines is 1. The predicted molar refractivity (Wildman–Crippen MR) is 105 cm³/mol. The van der Waals surface area contributed by atoms with Crippen molar-refractivity contribution < 1.29 is 0 Å². The Hall–Kier alpha value is -2.74. The zero-order valence-corrected chi connectivity index (χ0v) is 15.8. The average molecular weight is 367 g/mol. The molecule has 27 heavy (non-hydrogen) atoms. The molecule has 8 heteroatoms. The SMILES string of the molecule is CC(C)n1cnc2cc(N3CCN(CCn4ccnn4)CC3)ccc2c1=O. The molecule has 0 radical (unpaired) electrons. The second kappa shape index (κ2) is 7.48. The molecule has 0 bridgehead atoms. The highest BCUT2D eigenvalue weighted by atomic mass is 16.1. The van der Waals surface area contributed by atoms with E-state index in [1.807, 2.05) is 42.9 Å². The molecule has 0 N–H and O–H groups in total. The Morgan fingerprint density at radius 1 is 1.11 bits per heavy atom. The number of aromatic nitrogens is 5. The van der Waals surface area contributed by atoms with Crippen LogP contribution in [0.2, 0.25) is 0 Å².